The molecule has 1 atom stereocenters. The van der Waals surface area contributed by atoms with Crippen LogP contribution in [0.5, 0.6) is 5.75 Å². The number of anilines is 1. The van der Waals surface area contributed by atoms with E-state index in [1.807, 2.05) is 18.2 Å². The maximum Gasteiger partial charge on any atom is 0.279 e. The first-order valence-corrected chi connectivity index (χ1v) is 8.61. The van der Waals surface area contributed by atoms with E-state index in [1.165, 1.54) is 0 Å². The van der Waals surface area contributed by atoms with Crippen LogP contribution >= 0.6 is 11.6 Å². The number of methoxy groups -OCH3 is 1. The van der Waals surface area contributed by atoms with Crippen LogP contribution in [0.2, 0.25) is 5.02 Å². The van der Waals surface area contributed by atoms with Crippen LogP contribution in [0.4, 0.5) is 5.69 Å². The summed E-state index contributed by atoms with van der Waals surface area (Å²) < 4.78 is 5.08. The second-order valence-electron chi connectivity index (χ2n) is 5.96. The van der Waals surface area contributed by atoms with E-state index in [2.05, 4.69) is 10.6 Å². The largest absolute Gasteiger partial charge is 0.497 e. The highest BCUT2D eigenvalue weighted by Crippen LogP contribution is 2.15. The fourth-order valence-corrected chi connectivity index (χ4v) is 2.59. The van der Waals surface area contributed by atoms with Gasteiger partial charge in [-0.1, -0.05) is 29.8 Å². The van der Waals surface area contributed by atoms with Crippen LogP contribution in [0.3, 0.4) is 0 Å². The normalized spacial score (nSPS) is 11.5. The van der Waals surface area contributed by atoms with Gasteiger partial charge in [0, 0.05) is 17.3 Å². The van der Waals surface area contributed by atoms with Gasteiger partial charge in [0.1, 0.15) is 5.75 Å². The van der Waals surface area contributed by atoms with Crippen molar-refractivity contribution in [2.45, 2.75) is 6.54 Å². The number of likely N-dealkylation sites (N-methyl/N-ethyl adjacent to an activating group) is 1. The number of hydrogen-bond donors (Lipinski definition) is 3. The number of carbonyl (C=O) groups is 2. The van der Waals surface area contributed by atoms with Crippen molar-refractivity contribution in [2.24, 2.45) is 0 Å². The van der Waals surface area contributed by atoms with Gasteiger partial charge in [0.2, 0.25) is 0 Å². The van der Waals surface area contributed by atoms with E-state index in [1.54, 1.807) is 44.5 Å². The second kappa shape index (κ2) is 9.79. The van der Waals surface area contributed by atoms with Crippen molar-refractivity contribution in [3.63, 3.8) is 0 Å². The third-order valence-electron chi connectivity index (χ3n) is 3.73. The monoisotopic (exact) mass is 376 g/mol. The summed E-state index contributed by atoms with van der Waals surface area (Å²) >= 11 is 6.06. The van der Waals surface area contributed by atoms with E-state index >= 15 is 0 Å². The zero-order valence-corrected chi connectivity index (χ0v) is 15.6. The van der Waals surface area contributed by atoms with Crippen LogP contribution in [0.1, 0.15) is 5.56 Å². The van der Waals surface area contributed by atoms with E-state index in [0.29, 0.717) is 17.3 Å². The van der Waals surface area contributed by atoms with Gasteiger partial charge in [-0.2, -0.15) is 0 Å². The molecule has 26 heavy (non-hydrogen) atoms. The molecule has 0 aliphatic heterocycles. The third kappa shape index (κ3) is 6.38. The molecule has 0 aliphatic rings. The van der Waals surface area contributed by atoms with Crippen molar-refractivity contribution in [2.75, 3.05) is 32.6 Å². The van der Waals surface area contributed by atoms with E-state index in [9.17, 15) is 9.59 Å². The Labute approximate surface area is 158 Å². The molecule has 7 heteroatoms. The lowest BCUT2D eigenvalue weighted by Gasteiger charge is -2.14. The summed E-state index contributed by atoms with van der Waals surface area (Å²) in [7, 11) is 3.38. The number of hydrogen-bond acceptors (Lipinski definition) is 3. The molecule has 0 heterocycles. The standard InChI is InChI=1S/C19H22ClN3O3/c1-23(12-18(24)21-11-14-5-3-4-6-17(14)20)13-19(25)22-15-7-9-16(26-2)10-8-15/h3-10H,11-13H2,1-2H3,(H,21,24)(H,22,25)/p+1. The minimum atomic E-state index is -0.161. The van der Waals surface area contributed by atoms with Crippen molar-refractivity contribution in [1.82, 2.24) is 5.32 Å². The van der Waals surface area contributed by atoms with Crippen LogP contribution in [0.15, 0.2) is 48.5 Å². The first-order valence-electron chi connectivity index (χ1n) is 8.23. The number of carbonyl (C=O) groups excluding carboxylic acids is 2. The molecule has 2 rings (SSSR count). The molecular formula is C19H23ClN3O3+. The number of quaternary nitrogens is 1. The number of ether oxygens (including phenoxy) is 1. The first-order chi connectivity index (χ1) is 12.5. The predicted molar refractivity (Wildman–Crippen MR) is 102 cm³/mol. The Bertz CT molecular complexity index is 750. The van der Waals surface area contributed by atoms with Crippen molar-refractivity contribution >= 4 is 29.1 Å². The lowest BCUT2D eigenvalue weighted by atomic mass is 10.2. The van der Waals surface area contributed by atoms with Crippen LogP contribution < -0.4 is 20.3 Å². The zero-order chi connectivity index (χ0) is 18.9. The summed E-state index contributed by atoms with van der Waals surface area (Å²) in [4.78, 5) is 24.9. The molecule has 0 aromatic heterocycles. The third-order valence-corrected chi connectivity index (χ3v) is 4.10. The van der Waals surface area contributed by atoms with Crippen molar-refractivity contribution in [3.8, 4) is 5.75 Å². The van der Waals surface area contributed by atoms with Crippen molar-refractivity contribution in [1.29, 1.82) is 0 Å². The molecule has 2 amide bonds. The average Bonchev–Trinajstić information content (AvgIpc) is 2.61. The Morgan fingerprint density at radius 1 is 1.04 bits per heavy atom. The minimum absolute atomic E-state index is 0.139. The Balaban J connectivity index is 1.74. The molecule has 6 nitrogen and oxygen atoms in total. The van der Waals surface area contributed by atoms with E-state index in [-0.39, 0.29) is 24.9 Å². The summed E-state index contributed by atoms with van der Waals surface area (Å²) in [5.41, 5.74) is 1.55. The molecule has 138 valence electrons. The molecule has 0 bridgehead atoms. The molecule has 2 aromatic carbocycles. The summed E-state index contributed by atoms with van der Waals surface area (Å²) in [6.07, 6.45) is 0. The van der Waals surface area contributed by atoms with Gasteiger partial charge >= 0.3 is 0 Å². The highest BCUT2D eigenvalue weighted by Gasteiger charge is 2.14. The Hall–Kier alpha value is -2.57. The van der Waals surface area contributed by atoms with Crippen LogP contribution in [-0.2, 0) is 16.1 Å². The average molecular weight is 377 g/mol. The number of rotatable bonds is 8. The summed E-state index contributed by atoms with van der Waals surface area (Å²) in [5.74, 6) is 0.423. The molecule has 1 unspecified atom stereocenters. The van der Waals surface area contributed by atoms with Gasteiger partial charge in [0.25, 0.3) is 11.8 Å². The Morgan fingerprint density at radius 2 is 1.69 bits per heavy atom. The second-order valence-corrected chi connectivity index (χ2v) is 6.36. The van der Waals surface area contributed by atoms with Crippen molar-refractivity contribution < 1.29 is 19.2 Å². The topological polar surface area (TPSA) is 71.9 Å². The lowest BCUT2D eigenvalue weighted by molar-refractivity contribution is -0.862. The van der Waals surface area contributed by atoms with Gasteiger partial charge in [-0.25, -0.2) is 0 Å². The molecule has 0 aliphatic carbocycles. The van der Waals surface area contributed by atoms with E-state index in [0.717, 1.165) is 16.2 Å². The maximum absolute atomic E-state index is 12.1. The van der Waals surface area contributed by atoms with E-state index < -0.39 is 0 Å². The molecule has 0 fully saturated rings. The summed E-state index contributed by atoms with van der Waals surface area (Å²) in [5, 5.41) is 6.23. The summed E-state index contributed by atoms with van der Waals surface area (Å²) in [6, 6.07) is 14.4. The van der Waals surface area contributed by atoms with Gasteiger partial charge < -0.3 is 20.3 Å². The molecule has 2 aromatic rings. The number of halogens is 1. The van der Waals surface area contributed by atoms with Crippen LogP contribution in [-0.4, -0.2) is 39.1 Å². The smallest absolute Gasteiger partial charge is 0.279 e. The highest BCUT2D eigenvalue weighted by atomic mass is 35.5. The SMILES string of the molecule is COc1ccc(NC(=O)C[NH+](C)CC(=O)NCc2ccccc2Cl)cc1. The van der Waals surface area contributed by atoms with Gasteiger partial charge in [0.05, 0.1) is 14.2 Å². The molecular weight excluding hydrogens is 354 g/mol. The van der Waals surface area contributed by atoms with Gasteiger partial charge in [0.15, 0.2) is 13.1 Å². The molecule has 0 radical (unpaired) electrons. The van der Waals surface area contributed by atoms with Gasteiger partial charge in [-0.3, -0.25) is 9.59 Å². The van der Waals surface area contributed by atoms with E-state index in [4.69, 9.17) is 16.3 Å². The lowest BCUT2D eigenvalue weighted by Crippen LogP contribution is -3.11. The van der Waals surface area contributed by atoms with Gasteiger partial charge in [-0.05, 0) is 35.9 Å². The van der Waals surface area contributed by atoms with Crippen LogP contribution in [0.25, 0.3) is 0 Å². The first kappa shape index (κ1) is 19.8. The zero-order valence-electron chi connectivity index (χ0n) is 14.8. The fourth-order valence-electron chi connectivity index (χ4n) is 2.39. The Kier molecular flexibility index (Phi) is 7.44. The molecule has 0 saturated carbocycles. The van der Waals surface area contributed by atoms with Crippen molar-refractivity contribution in [3.05, 3.63) is 59.1 Å². The summed E-state index contributed by atoms with van der Waals surface area (Å²) in [6.45, 7) is 0.746. The number of amides is 2. The Morgan fingerprint density at radius 3 is 2.35 bits per heavy atom. The maximum atomic E-state index is 12.1. The molecule has 3 N–H and O–H groups in total. The quantitative estimate of drug-likeness (QED) is 0.646. The van der Waals surface area contributed by atoms with Crippen LogP contribution in [0, 0.1) is 0 Å². The number of nitrogens with one attached hydrogen (secondary N) is 3. The fraction of sp³-hybridized carbons (Fsp3) is 0.263. The number of benzene rings is 2. The van der Waals surface area contributed by atoms with Gasteiger partial charge in [-0.15, -0.1) is 0 Å². The minimum Gasteiger partial charge on any atom is -0.497 e. The molecule has 0 saturated heterocycles. The molecule has 0 spiro atoms. The highest BCUT2D eigenvalue weighted by molar-refractivity contribution is 6.31. The predicted octanol–water partition coefficient (Wildman–Crippen LogP) is 1.12.